The minimum absolute atomic E-state index is 0. The Hall–Kier alpha value is -2.77. The number of benzene rings is 2. The number of carbonyl (C=O) groups excluding carboxylic acids is 1. The van der Waals surface area contributed by atoms with E-state index in [-0.39, 0.29) is 35.9 Å². The maximum absolute atomic E-state index is 13.6. The lowest BCUT2D eigenvalue weighted by Gasteiger charge is -2.36. The molecule has 2 aromatic carbocycles. The predicted octanol–water partition coefficient (Wildman–Crippen LogP) is 2.92. The third-order valence-corrected chi connectivity index (χ3v) is 4.72. The molecule has 2 heterocycles. The summed E-state index contributed by atoms with van der Waals surface area (Å²) >= 11 is 0. The number of halogens is 2. The normalized spacial score (nSPS) is 16.5. The van der Waals surface area contributed by atoms with E-state index in [1.165, 1.54) is 12.1 Å². The van der Waals surface area contributed by atoms with Crippen LogP contribution >= 0.6 is 12.4 Å². The number of aromatic nitrogens is 3. The Balaban J connectivity index is 0.00000225. The van der Waals surface area contributed by atoms with Crippen molar-refractivity contribution in [2.75, 3.05) is 19.6 Å². The van der Waals surface area contributed by atoms with Gasteiger partial charge in [-0.3, -0.25) is 4.79 Å². The lowest BCUT2D eigenvalue weighted by atomic mass is 10.0. The van der Waals surface area contributed by atoms with Crippen LogP contribution in [0.15, 0.2) is 54.7 Å². The molecule has 146 valence electrons. The summed E-state index contributed by atoms with van der Waals surface area (Å²) in [6, 6.07) is 14.0. The summed E-state index contributed by atoms with van der Waals surface area (Å²) < 4.78 is 15.2. The Morgan fingerprint density at radius 3 is 2.82 bits per heavy atom. The molecular formula is C20H21ClFN5O. The number of aryl methyl sites for hydroxylation is 1. The van der Waals surface area contributed by atoms with Crippen LogP contribution in [0.1, 0.15) is 27.7 Å². The molecule has 1 aromatic heterocycles. The van der Waals surface area contributed by atoms with E-state index in [1.54, 1.807) is 21.8 Å². The van der Waals surface area contributed by atoms with Crippen molar-refractivity contribution in [2.45, 2.75) is 13.0 Å². The summed E-state index contributed by atoms with van der Waals surface area (Å²) in [5.74, 6) is -0.513. The van der Waals surface area contributed by atoms with Gasteiger partial charge in [0.2, 0.25) is 0 Å². The highest BCUT2D eigenvalue weighted by Gasteiger charge is 2.30. The van der Waals surface area contributed by atoms with E-state index in [1.807, 2.05) is 37.3 Å². The standard InChI is InChI=1S/C20H20FN5O.ClH/c1-14-4-2-7-17(10-14)26-13-18(23-24-26)20(27)25-9-8-22-12-19(25)15-5-3-6-16(21)11-15;/h2-7,10-11,13,19,22H,8-9,12H2,1H3;1H. The number of nitrogens with one attached hydrogen (secondary N) is 1. The van der Waals surface area contributed by atoms with Crippen LogP contribution in [0.2, 0.25) is 0 Å². The van der Waals surface area contributed by atoms with E-state index in [4.69, 9.17) is 0 Å². The van der Waals surface area contributed by atoms with Crippen LogP contribution in [-0.4, -0.2) is 45.4 Å². The second-order valence-electron chi connectivity index (χ2n) is 6.66. The van der Waals surface area contributed by atoms with Crippen molar-refractivity contribution in [3.05, 3.63) is 77.4 Å². The molecule has 0 saturated carbocycles. The Labute approximate surface area is 168 Å². The van der Waals surface area contributed by atoms with E-state index in [0.717, 1.165) is 16.8 Å². The summed E-state index contributed by atoms with van der Waals surface area (Å²) in [6.45, 7) is 3.78. The fourth-order valence-electron chi connectivity index (χ4n) is 3.36. The quantitative estimate of drug-likeness (QED) is 0.733. The summed E-state index contributed by atoms with van der Waals surface area (Å²) in [4.78, 5) is 14.8. The number of amides is 1. The number of hydrogen-bond donors (Lipinski definition) is 1. The molecule has 1 amide bonds. The first-order valence-corrected chi connectivity index (χ1v) is 8.88. The van der Waals surface area contributed by atoms with Crippen LogP contribution in [0.3, 0.4) is 0 Å². The fraction of sp³-hybridized carbons (Fsp3) is 0.250. The van der Waals surface area contributed by atoms with Gasteiger partial charge in [0.05, 0.1) is 17.9 Å². The van der Waals surface area contributed by atoms with Gasteiger partial charge in [0.1, 0.15) is 5.82 Å². The summed E-state index contributed by atoms with van der Waals surface area (Å²) in [7, 11) is 0. The molecule has 1 saturated heterocycles. The van der Waals surface area contributed by atoms with E-state index >= 15 is 0 Å². The molecular weight excluding hydrogens is 381 g/mol. The lowest BCUT2D eigenvalue weighted by molar-refractivity contribution is 0.0627. The number of carbonyl (C=O) groups is 1. The van der Waals surface area contributed by atoms with Gasteiger partial charge in [-0.1, -0.05) is 29.5 Å². The van der Waals surface area contributed by atoms with Crippen LogP contribution in [0.25, 0.3) is 5.69 Å². The van der Waals surface area contributed by atoms with Gasteiger partial charge >= 0.3 is 0 Å². The first-order valence-electron chi connectivity index (χ1n) is 8.88. The molecule has 1 aliphatic rings. The first-order chi connectivity index (χ1) is 13.1. The van der Waals surface area contributed by atoms with Gasteiger partial charge in [0, 0.05) is 19.6 Å². The lowest BCUT2D eigenvalue weighted by Crippen LogP contribution is -2.48. The van der Waals surface area contributed by atoms with Gasteiger partial charge < -0.3 is 10.2 Å². The molecule has 8 heteroatoms. The summed E-state index contributed by atoms with van der Waals surface area (Å²) in [5, 5.41) is 11.4. The van der Waals surface area contributed by atoms with Crippen molar-refractivity contribution < 1.29 is 9.18 Å². The van der Waals surface area contributed by atoms with Crippen molar-refractivity contribution in [3.8, 4) is 5.69 Å². The van der Waals surface area contributed by atoms with E-state index in [2.05, 4.69) is 15.6 Å². The number of hydrogen-bond acceptors (Lipinski definition) is 4. The zero-order valence-electron chi connectivity index (χ0n) is 15.4. The minimum atomic E-state index is -0.309. The van der Waals surface area contributed by atoms with Crippen molar-refractivity contribution in [3.63, 3.8) is 0 Å². The van der Waals surface area contributed by atoms with Crippen LogP contribution < -0.4 is 5.32 Å². The zero-order chi connectivity index (χ0) is 18.8. The topological polar surface area (TPSA) is 63.1 Å². The highest BCUT2D eigenvalue weighted by atomic mass is 35.5. The predicted molar refractivity (Wildman–Crippen MR) is 106 cm³/mol. The molecule has 1 atom stereocenters. The third kappa shape index (κ3) is 4.05. The average molecular weight is 402 g/mol. The molecule has 0 spiro atoms. The van der Waals surface area contributed by atoms with Crippen LogP contribution in [0.4, 0.5) is 4.39 Å². The van der Waals surface area contributed by atoms with Gasteiger partial charge in [-0.2, -0.15) is 0 Å². The van der Waals surface area contributed by atoms with Crippen LogP contribution in [0, 0.1) is 12.7 Å². The number of rotatable bonds is 3. The minimum Gasteiger partial charge on any atom is -0.328 e. The average Bonchev–Trinajstić information content (AvgIpc) is 3.18. The molecule has 3 aromatic rings. The van der Waals surface area contributed by atoms with Crippen LogP contribution in [-0.2, 0) is 0 Å². The summed E-state index contributed by atoms with van der Waals surface area (Å²) in [5.41, 5.74) is 2.99. The second-order valence-corrected chi connectivity index (χ2v) is 6.66. The Bertz CT molecular complexity index is 976. The van der Waals surface area contributed by atoms with Gasteiger partial charge in [0.15, 0.2) is 5.69 Å². The Kier molecular flexibility index (Phi) is 6.06. The second kappa shape index (κ2) is 8.50. The fourth-order valence-corrected chi connectivity index (χ4v) is 3.36. The molecule has 1 aliphatic heterocycles. The molecule has 1 N–H and O–H groups in total. The molecule has 4 rings (SSSR count). The van der Waals surface area contributed by atoms with E-state index < -0.39 is 0 Å². The molecule has 28 heavy (non-hydrogen) atoms. The van der Waals surface area contributed by atoms with E-state index in [0.29, 0.717) is 19.6 Å². The molecule has 0 radical (unpaired) electrons. The Morgan fingerprint density at radius 2 is 2.04 bits per heavy atom. The Morgan fingerprint density at radius 1 is 1.21 bits per heavy atom. The maximum atomic E-state index is 13.6. The SMILES string of the molecule is Cc1cccc(-n2cc(C(=O)N3CCNCC3c3cccc(F)c3)nn2)c1.Cl. The smallest absolute Gasteiger partial charge is 0.276 e. The van der Waals surface area contributed by atoms with Crippen molar-refractivity contribution in [1.82, 2.24) is 25.2 Å². The van der Waals surface area contributed by atoms with Crippen molar-refractivity contribution in [2.24, 2.45) is 0 Å². The molecule has 1 unspecified atom stereocenters. The maximum Gasteiger partial charge on any atom is 0.276 e. The largest absolute Gasteiger partial charge is 0.328 e. The molecule has 0 bridgehead atoms. The number of piperazine rings is 1. The summed E-state index contributed by atoms with van der Waals surface area (Å²) in [6.07, 6.45) is 1.64. The van der Waals surface area contributed by atoms with Crippen molar-refractivity contribution in [1.29, 1.82) is 0 Å². The molecule has 1 fully saturated rings. The number of nitrogens with zero attached hydrogens (tertiary/aromatic N) is 4. The van der Waals surface area contributed by atoms with E-state index in [9.17, 15) is 9.18 Å². The van der Waals surface area contributed by atoms with Gasteiger partial charge in [-0.05, 0) is 42.3 Å². The van der Waals surface area contributed by atoms with Gasteiger partial charge in [0.25, 0.3) is 5.91 Å². The highest BCUT2D eigenvalue weighted by Crippen LogP contribution is 2.24. The van der Waals surface area contributed by atoms with Gasteiger partial charge in [-0.15, -0.1) is 17.5 Å². The monoisotopic (exact) mass is 401 g/mol. The van der Waals surface area contributed by atoms with Crippen molar-refractivity contribution >= 4 is 18.3 Å². The molecule has 6 nitrogen and oxygen atoms in total. The zero-order valence-corrected chi connectivity index (χ0v) is 16.2. The first kappa shape index (κ1) is 20.0. The van der Waals surface area contributed by atoms with Crippen LogP contribution in [0.5, 0.6) is 0 Å². The van der Waals surface area contributed by atoms with Gasteiger partial charge in [-0.25, -0.2) is 9.07 Å². The highest BCUT2D eigenvalue weighted by molar-refractivity contribution is 5.92. The third-order valence-electron chi connectivity index (χ3n) is 4.72. The molecule has 0 aliphatic carbocycles.